The highest BCUT2D eigenvalue weighted by Gasteiger charge is 2.31. The number of pyridine rings is 1. The van der Waals surface area contributed by atoms with Crippen LogP contribution in [0.3, 0.4) is 0 Å². The highest BCUT2D eigenvalue weighted by molar-refractivity contribution is 5.47. The first-order valence-corrected chi connectivity index (χ1v) is 11.8. The summed E-state index contributed by atoms with van der Waals surface area (Å²) in [5.74, 6) is 0.539. The van der Waals surface area contributed by atoms with Crippen molar-refractivity contribution in [1.29, 1.82) is 0 Å². The zero-order valence-corrected chi connectivity index (χ0v) is 20.0. The molecule has 2 heterocycles. The van der Waals surface area contributed by atoms with Gasteiger partial charge in [0.2, 0.25) is 0 Å². The van der Waals surface area contributed by atoms with Crippen LogP contribution in [0, 0.1) is 12.7 Å². The molecule has 0 saturated carbocycles. The summed E-state index contributed by atoms with van der Waals surface area (Å²) in [7, 11) is 0. The van der Waals surface area contributed by atoms with Gasteiger partial charge in [0.15, 0.2) is 0 Å². The van der Waals surface area contributed by atoms with Crippen LogP contribution in [0.15, 0.2) is 59.4 Å². The number of benzene rings is 2. The third-order valence-corrected chi connectivity index (χ3v) is 6.49. The lowest BCUT2D eigenvalue weighted by Crippen LogP contribution is -2.49. The summed E-state index contributed by atoms with van der Waals surface area (Å²) < 4.78 is 20.6. The van der Waals surface area contributed by atoms with Crippen LogP contribution in [0.4, 0.5) is 10.1 Å². The van der Waals surface area contributed by atoms with E-state index in [1.54, 1.807) is 22.8 Å². The Kier molecular flexibility index (Phi) is 7.22. The molecule has 0 amide bonds. The fraction of sp³-hybridized carbons (Fsp3) is 0.370. The molecule has 3 aromatic rings. The summed E-state index contributed by atoms with van der Waals surface area (Å²) in [6, 6.07) is 15.6. The Morgan fingerprint density at radius 2 is 1.65 bits per heavy atom. The van der Waals surface area contributed by atoms with Crippen LogP contribution in [0.1, 0.15) is 36.7 Å². The second-order valence-corrected chi connectivity index (χ2v) is 8.54. The molecule has 6 nitrogen and oxygen atoms in total. The largest absolute Gasteiger partial charge is 0.507 e. The maximum Gasteiger partial charge on any atom is 0.259 e. The molecule has 0 aliphatic carbocycles. The average Bonchev–Trinajstić information content (AvgIpc) is 2.83. The van der Waals surface area contributed by atoms with Crippen LogP contribution in [0.2, 0.25) is 0 Å². The summed E-state index contributed by atoms with van der Waals surface area (Å²) in [6.07, 6.45) is 0. The van der Waals surface area contributed by atoms with Gasteiger partial charge in [0.1, 0.15) is 17.3 Å². The molecule has 1 atom stereocenters. The van der Waals surface area contributed by atoms with Crippen LogP contribution in [0.25, 0.3) is 0 Å². The Morgan fingerprint density at radius 3 is 2.24 bits per heavy atom. The molecular weight excluding hydrogens is 433 g/mol. The van der Waals surface area contributed by atoms with Gasteiger partial charge in [0, 0.05) is 44.1 Å². The Hall–Kier alpha value is -3.32. The van der Waals surface area contributed by atoms with Crippen molar-refractivity contribution in [2.45, 2.75) is 33.4 Å². The van der Waals surface area contributed by atoms with Crippen LogP contribution in [-0.4, -0.2) is 47.4 Å². The summed E-state index contributed by atoms with van der Waals surface area (Å²) in [5, 5.41) is 10.9. The molecule has 1 fully saturated rings. The zero-order chi connectivity index (χ0) is 24.2. The van der Waals surface area contributed by atoms with Crippen molar-refractivity contribution in [3.8, 4) is 11.5 Å². The zero-order valence-electron chi connectivity index (χ0n) is 20.0. The number of anilines is 1. The number of hydrogen-bond donors (Lipinski definition) is 1. The number of halogens is 1. The van der Waals surface area contributed by atoms with Crippen molar-refractivity contribution in [1.82, 2.24) is 9.47 Å². The maximum absolute atomic E-state index is 13.5. The molecule has 1 N–H and O–H groups in total. The van der Waals surface area contributed by atoms with Gasteiger partial charge in [0.05, 0.1) is 18.2 Å². The van der Waals surface area contributed by atoms with E-state index in [4.69, 9.17) is 4.74 Å². The SMILES string of the molecule is CCOc1ccc(C(c2c(O)cc(C)n(CC)c2=O)N2CCN(c3ccc(F)cc3)CC2)cc1. The van der Waals surface area contributed by atoms with Crippen molar-refractivity contribution in [2.75, 3.05) is 37.7 Å². The number of aromatic hydroxyl groups is 1. The van der Waals surface area contributed by atoms with E-state index in [-0.39, 0.29) is 17.1 Å². The minimum absolute atomic E-state index is 0.0204. The predicted octanol–water partition coefficient (Wildman–Crippen LogP) is 4.33. The Bertz CT molecular complexity index is 1170. The quantitative estimate of drug-likeness (QED) is 0.563. The summed E-state index contributed by atoms with van der Waals surface area (Å²) in [5.41, 5.74) is 2.87. The van der Waals surface area contributed by atoms with Crippen LogP contribution >= 0.6 is 0 Å². The van der Waals surface area contributed by atoms with Crippen LogP contribution in [0.5, 0.6) is 11.5 Å². The lowest BCUT2D eigenvalue weighted by atomic mass is 9.95. The first-order valence-electron chi connectivity index (χ1n) is 11.8. The minimum Gasteiger partial charge on any atom is -0.507 e. The standard InChI is InChI=1S/C27H32FN3O3/c1-4-31-19(3)18-24(32)25(27(31)33)26(20-6-12-23(13-7-20)34-5-2)30-16-14-29(15-17-30)22-10-8-21(28)9-11-22/h6-13,18,26,32H,4-5,14-17H2,1-3H3. The van der Waals surface area contributed by atoms with Gasteiger partial charge in [-0.15, -0.1) is 0 Å². The molecule has 1 saturated heterocycles. The lowest BCUT2D eigenvalue weighted by molar-refractivity contribution is 0.207. The molecule has 7 heteroatoms. The van der Waals surface area contributed by atoms with E-state index in [0.717, 1.165) is 35.8 Å². The highest BCUT2D eigenvalue weighted by Crippen LogP contribution is 2.34. The second kappa shape index (κ2) is 10.3. The average molecular weight is 466 g/mol. The molecule has 1 aliphatic rings. The van der Waals surface area contributed by atoms with Gasteiger partial charge in [-0.1, -0.05) is 12.1 Å². The van der Waals surface area contributed by atoms with Gasteiger partial charge in [-0.05, 0) is 68.8 Å². The van der Waals surface area contributed by atoms with Crippen LogP contribution < -0.4 is 15.2 Å². The van der Waals surface area contributed by atoms with E-state index in [9.17, 15) is 14.3 Å². The smallest absolute Gasteiger partial charge is 0.259 e. The van der Waals surface area contributed by atoms with E-state index < -0.39 is 6.04 Å². The number of rotatable bonds is 7. The van der Waals surface area contributed by atoms with Gasteiger partial charge in [-0.2, -0.15) is 0 Å². The lowest BCUT2D eigenvalue weighted by Gasteiger charge is -2.40. The van der Waals surface area contributed by atoms with Crippen molar-refractivity contribution in [3.63, 3.8) is 0 Å². The molecule has 34 heavy (non-hydrogen) atoms. The number of aromatic nitrogens is 1. The Morgan fingerprint density at radius 1 is 1.00 bits per heavy atom. The number of ether oxygens (including phenoxy) is 1. The fourth-order valence-corrected chi connectivity index (χ4v) is 4.78. The second-order valence-electron chi connectivity index (χ2n) is 8.54. The highest BCUT2D eigenvalue weighted by atomic mass is 19.1. The number of nitrogens with zero attached hydrogens (tertiary/aromatic N) is 3. The molecular formula is C27H32FN3O3. The van der Waals surface area contributed by atoms with E-state index >= 15 is 0 Å². The molecule has 0 radical (unpaired) electrons. The van der Waals surface area contributed by atoms with Crippen molar-refractivity contribution >= 4 is 5.69 Å². The van der Waals surface area contributed by atoms with E-state index in [2.05, 4.69) is 9.80 Å². The number of hydrogen-bond acceptors (Lipinski definition) is 5. The van der Waals surface area contributed by atoms with E-state index in [1.165, 1.54) is 12.1 Å². The molecule has 1 unspecified atom stereocenters. The summed E-state index contributed by atoms with van der Waals surface area (Å²) in [6.45, 7) is 9.66. The van der Waals surface area contributed by atoms with Gasteiger partial charge in [-0.25, -0.2) is 4.39 Å². The fourth-order valence-electron chi connectivity index (χ4n) is 4.78. The molecule has 1 aliphatic heterocycles. The van der Waals surface area contributed by atoms with Crippen LogP contribution in [-0.2, 0) is 6.54 Å². The number of piperazine rings is 1. The molecule has 180 valence electrons. The van der Waals surface area contributed by atoms with Gasteiger partial charge in [0.25, 0.3) is 5.56 Å². The van der Waals surface area contributed by atoms with Crippen molar-refractivity contribution < 1.29 is 14.2 Å². The normalized spacial score (nSPS) is 15.4. The first kappa shape index (κ1) is 23.8. The Balaban J connectivity index is 1.70. The van der Waals surface area contributed by atoms with Crippen molar-refractivity contribution in [2.24, 2.45) is 0 Å². The third-order valence-electron chi connectivity index (χ3n) is 6.49. The summed E-state index contributed by atoms with van der Waals surface area (Å²) in [4.78, 5) is 17.9. The topological polar surface area (TPSA) is 57.9 Å². The maximum atomic E-state index is 13.5. The number of aryl methyl sites for hydroxylation is 1. The van der Waals surface area contributed by atoms with Crippen molar-refractivity contribution in [3.05, 3.63) is 87.6 Å². The molecule has 4 rings (SSSR count). The first-order chi connectivity index (χ1) is 16.4. The molecule has 1 aromatic heterocycles. The monoisotopic (exact) mass is 465 g/mol. The van der Waals surface area contributed by atoms with E-state index in [1.807, 2.05) is 45.0 Å². The van der Waals surface area contributed by atoms with Gasteiger partial charge in [-0.3, -0.25) is 9.69 Å². The van der Waals surface area contributed by atoms with E-state index in [0.29, 0.717) is 31.8 Å². The minimum atomic E-state index is -0.392. The molecule has 0 spiro atoms. The predicted molar refractivity (Wildman–Crippen MR) is 132 cm³/mol. The van der Waals surface area contributed by atoms with Gasteiger partial charge >= 0.3 is 0 Å². The molecule has 0 bridgehead atoms. The third kappa shape index (κ3) is 4.80. The summed E-state index contributed by atoms with van der Waals surface area (Å²) >= 11 is 0. The Labute approximate surface area is 199 Å². The molecule has 2 aromatic carbocycles. The van der Waals surface area contributed by atoms with Gasteiger partial charge < -0.3 is 19.3 Å².